The first-order valence-corrected chi connectivity index (χ1v) is 10.2. The van der Waals surface area contributed by atoms with E-state index < -0.39 is 0 Å². The minimum absolute atomic E-state index is 0.891. The Bertz CT molecular complexity index is 479. The molecule has 2 aliphatic carbocycles. The van der Waals surface area contributed by atoms with Gasteiger partial charge < -0.3 is 0 Å². The predicted octanol–water partition coefficient (Wildman–Crippen LogP) is 7.66. The number of rotatable bonds is 1. The lowest BCUT2D eigenvalue weighted by molar-refractivity contribution is 0.595. The molecule has 0 bridgehead atoms. The molecule has 0 radical (unpaired) electrons. The maximum absolute atomic E-state index is 9.61. The van der Waals surface area contributed by atoms with Gasteiger partial charge in [0.15, 0.2) is 5.57 Å². The topological polar surface area (TPSA) is 28.1 Å². The van der Waals surface area contributed by atoms with E-state index in [1.807, 2.05) is 0 Å². The maximum Gasteiger partial charge on any atom is 0.443 e. The van der Waals surface area contributed by atoms with Crippen molar-refractivity contribution in [2.45, 2.75) is 96.3 Å². The van der Waals surface area contributed by atoms with E-state index in [1.54, 1.807) is 0 Å². The Morgan fingerprint density at radius 2 is 1.38 bits per heavy atom. The van der Waals surface area contributed by atoms with Crippen molar-refractivity contribution < 1.29 is 0 Å². The molecule has 0 unspecified atom stereocenters. The molecule has 0 aromatic heterocycles. The summed E-state index contributed by atoms with van der Waals surface area (Å²) < 4.78 is 0. The van der Waals surface area contributed by atoms with Crippen molar-refractivity contribution in [1.29, 1.82) is 5.39 Å². The van der Waals surface area contributed by atoms with E-state index in [0.29, 0.717) is 0 Å². The van der Waals surface area contributed by atoms with Crippen LogP contribution in [-0.4, -0.2) is 0 Å². The van der Waals surface area contributed by atoms with Gasteiger partial charge in [-0.2, -0.15) is 0 Å². The van der Waals surface area contributed by atoms with E-state index in [2.05, 4.69) is 29.3 Å². The Labute approximate surface area is 148 Å². The number of diazo groups is 1. The lowest BCUT2D eigenvalue weighted by atomic mass is 9.89. The van der Waals surface area contributed by atoms with Gasteiger partial charge in [0.1, 0.15) is 0 Å². The van der Waals surface area contributed by atoms with Gasteiger partial charge in [0.05, 0.1) is 12.3 Å². The molecule has 0 heterocycles. The summed E-state index contributed by atoms with van der Waals surface area (Å²) in [5.41, 5.74) is 2.08. The Morgan fingerprint density at radius 3 is 2.12 bits per heavy atom. The number of hydrogen-bond acceptors (Lipinski definition) is 1. The molecule has 0 amide bonds. The molecule has 0 N–H and O–H groups in total. The van der Waals surface area contributed by atoms with Gasteiger partial charge in [-0.1, -0.05) is 44.9 Å². The third-order valence-corrected chi connectivity index (χ3v) is 5.23. The molecule has 0 aromatic carbocycles. The zero-order valence-electron chi connectivity index (χ0n) is 15.3. The van der Waals surface area contributed by atoms with Gasteiger partial charge in [-0.05, 0) is 50.7 Å². The van der Waals surface area contributed by atoms with Gasteiger partial charge in [-0.3, -0.25) is 0 Å². The molecule has 0 fully saturated rings. The molecular formula is C22H34N2+2. The first-order valence-electron chi connectivity index (χ1n) is 10.2. The standard InChI is InChI=1S/C22H34N2/c23-24-22-19-15-11-7-3-6-10-14-18-21(22)20-16-12-8-4-1-2-5-9-13-17-20/h12,14,16,18H,1-11,13,15,17,19H2/q+2. The van der Waals surface area contributed by atoms with Crippen LogP contribution in [0.25, 0.3) is 4.98 Å². The van der Waals surface area contributed by atoms with Crippen LogP contribution in [0.2, 0.25) is 0 Å². The predicted molar refractivity (Wildman–Crippen MR) is 103 cm³/mol. The quantitative estimate of drug-likeness (QED) is 0.359. The van der Waals surface area contributed by atoms with Gasteiger partial charge in [-0.15, -0.1) is 0 Å². The summed E-state index contributed by atoms with van der Waals surface area (Å²) in [6, 6.07) is 0. The summed E-state index contributed by atoms with van der Waals surface area (Å²) in [6.45, 7) is 0. The van der Waals surface area contributed by atoms with E-state index in [0.717, 1.165) is 31.4 Å². The molecule has 130 valence electrons. The molecule has 0 aliphatic heterocycles. The zero-order chi connectivity index (χ0) is 16.9. The molecule has 2 rings (SSSR count). The summed E-state index contributed by atoms with van der Waals surface area (Å²) in [5, 5.41) is 9.61. The lowest BCUT2D eigenvalue weighted by Gasteiger charge is -2.07. The molecule has 0 atom stereocenters. The van der Waals surface area contributed by atoms with Crippen molar-refractivity contribution in [3.05, 3.63) is 46.5 Å². The zero-order valence-corrected chi connectivity index (χ0v) is 15.3. The third kappa shape index (κ3) is 6.95. The SMILES string of the molecule is N#[N+]C1=C([C+]2C=CCCCCCCCC2)C=CCCCCCCC1. The van der Waals surface area contributed by atoms with Crippen LogP contribution in [-0.2, 0) is 0 Å². The van der Waals surface area contributed by atoms with Crippen molar-refractivity contribution in [3.63, 3.8) is 0 Å². The molecule has 0 aromatic rings. The number of nitrogens with zero attached hydrogens (tertiary/aromatic N) is 2. The highest BCUT2D eigenvalue weighted by Crippen LogP contribution is 2.31. The van der Waals surface area contributed by atoms with Crippen molar-refractivity contribution in [1.82, 2.24) is 0 Å². The molecule has 2 heteroatoms. The van der Waals surface area contributed by atoms with E-state index in [1.165, 1.54) is 82.1 Å². The molecule has 0 spiro atoms. The summed E-state index contributed by atoms with van der Waals surface area (Å²) in [6.07, 6.45) is 27.7. The van der Waals surface area contributed by atoms with Crippen LogP contribution in [0.4, 0.5) is 0 Å². The minimum atomic E-state index is 0.891. The van der Waals surface area contributed by atoms with E-state index in [9.17, 15) is 5.39 Å². The van der Waals surface area contributed by atoms with Crippen LogP contribution in [0.5, 0.6) is 0 Å². The largest absolute Gasteiger partial charge is 0.443 e. The van der Waals surface area contributed by atoms with Gasteiger partial charge in [0.2, 0.25) is 10.4 Å². The Hall–Kier alpha value is -1.49. The van der Waals surface area contributed by atoms with Gasteiger partial charge in [-0.25, -0.2) is 0 Å². The molecule has 2 aliphatic rings. The summed E-state index contributed by atoms with van der Waals surface area (Å²) in [4.78, 5) is 3.70. The smallest absolute Gasteiger partial charge is 0.0533 e. The monoisotopic (exact) mass is 326 g/mol. The molecule has 0 saturated carbocycles. The Kier molecular flexibility index (Phi) is 9.39. The summed E-state index contributed by atoms with van der Waals surface area (Å²) in [7, 11) is 0. The second-order valence-corrected chi connectivity index (χ2v) is 7.26. The van der Waals surface area contributed by atoms with Crippen LogP contribution in [0.3, 0.4) is 0 Å². The van der Waals surface area contributed by atoms with Crippen molar-refractivity contribution in [2.75, 3.05) is 0 Å². The average molecular weight is 327 g/mol. The van der Waals surface area contributed by atoms with Crippen LogP contribution >= 0.6 is 0 Å². The first kappa shape index (κ1) is 18.8. The molecule has 2 nitrogen and oxygen atoms in total. The van der Waals surface area contributed by atoms with Crippen molar-refractivity contribution >= 4 is 0 Å². The third-order valence-electron chi connectivity index (χ3n) is 5.23. The first-order chi connectivity index (χ1) is 11.9. The summed E-state index contributed by atoms with van der Waals surface area (Å²) in [5.74, 6) is 1.38. The van der Waals surface area contributed by atoms with Crippen LogP contribution in [0.15, 0.2) is 35.6 Å². The highest BCUT2D eigenvalue weighted by Gasteiger charge is 2.30. The molecule has 0 saturated heterocycles. The van der Waals surface area contributed by atoms with Crippen LogP contribution < -0.4 is 0 Å². The highest BCUT2D eigenvalue weighted by atomic mass is 14.9. The van der Waals surface area contributed by atoms with Crippen molar-refractivity contribution in [2.24, 2.45) is 0 Å². The number of allylic oxidation sites excluding steroid dienone is 6. The second-order valence-electron chi connectivity index (χ2n) is 7.26. The van der Waals surface area contributed by atoms with Crippen LogP contribution in [0, 0.1) is 11.3 Å². The van der Waals surface area contributed by atoms with E-state index in [-0.39, 0.29) is 0 Å². The Morgan fingerprint density at radius 1 is 0.750 bits per heavy atom. The number of hydrogen-bond donors (Lipinski definition) is 0. The maximum atomic E-state index is 9.61. The fourth-order valence-corrected chi connectivity index (χ4v) is 3.73. The molecular weight excluding hydrogens is 292 g/mol. The normalized spacial score (nSPS) is 22.4. The van der Waals surface area contributed by atoms with Gasteiger partial charge in [0, 0.05) is 18.6 Å². The van der Waals surface area contributed by atoms with E-state index >= 15 is 0 Å². The van der Waals surface area contributed by atoms with Crippen molar-refractivity contribution in [3.8, 4) is 0 Å². The summed E-state index contributed by atoms with van der Waals surface area (Å²) >= 11 is 0. The van der Waals surface area contributed by atoms with Gasteiger partial charge in [0.25, 0.3) is 0 Å². The fraction of sp³-hybridized carbons (Fsp3) is 0.682. The second kappa shape index (κ2) is 12.0. The Balaban J connectivity index is 2.20. The fourth-order valence-electron chi connectivity index (χ4n) is 3.73. The molecule has 24 heavy (non-hydrogen) atoms. The van der Waals surface area contributed by atoms with Crippen LogP contribution in [0.1, 0.15) is 96.3 Å². The minimum Gasteiger partial charge on any atom is -0.0533 e. The van der Waals surface area contributed by atoms with Gasteiger partial charge >= 0.3 is 5.70 Å². The highest BCUT2D eigenvalue weighted by molar-refractivity contribution is 5.46. The van der Waals surface area contributed by atoms with E-state index in [4.69, 9.17) is 0 Å². The average Bonchev–Trinajstić information content (AvgIpc) is 2.70. The lowest BCUT2D eigenvalue weighted by Crippen LogP contribution is -2.01.